The number of oxime groups is 1. The van der Waals surface area contributed by atoms with E-state index in [1.54, 1.807) is 24.3 Å². The van der Waals surface area contributed by atoms with Gasteiger partial charge in [0.15, 0.2) is 5.84 Å². The molecule has 0 unspecified atom stereocenters. The fraction of sp³-hybridized carbons (Fsp3) is 0.357. The van der Waals surface area contributed by atoms with Crippen LogP contribution in [0.1, 0.15) is 29.8 Å². The van der Waals surface area contributed by atoms with Crippen LogP contribution < -0.4 is 5.73 Å². The lowest BCUT2D eigenvalue weighted by atomic mass is 10.2. The van der Waals surface area contributed by atoms with Crippen molar-refractivity contribution in [2.45, 2.75) is 20.8 Å². The first-order chi connectivity index (χ1) is 9.52. The maximum absolute atomic E-state index is 11.5. The fourth-order valence-electron chi connectivity index (χ4n) is 1.16. The van der Waals surface area contributed by atoms with Gasteiger partial charge in [0.25, 0.3) is 0 Å². The van der Waals surface area contributed by atoms with Gasteiger partial charge < -0.3 is 15.5 Å². The van der Waals surface area contributed by atoms with E-state index in [4.69, 9.17) is 5.73 Å². The summed E-state index contributed by atoms with van der Waals surface area (Å²) in [5.74, 6) is -0.545. The second-order valence-corrected chi connectivity index (χ2v) is 3.85. The van der Waals surface area contributed by atoms with E-state index >= 15 is 0 Å². The summed E-state index contributed by atoms with van der Waals surface area (Å²) >= 11 is 0. The van der Waals surface area contributed by atoms with E-state index in [0.29, 0.717) is 12.0 Å². The molecule has 20 heavy (non-hydrogen) atoms. The molecule has 1 aromatic rings. The molecule has 0 radical (unpaired) electrons. The summed E-state index contributed by atoms with van der Waals surface area (Å²) in [7, 11) is 1.54. The van der Waals surface area contributed by atoms with Crippen LogP contribution in [-0.4, -0.2) is 36.7 Å². The van der Waals surface area contributed by atoms with E-state index in [1.807, 2.05) is 20.8 Å². The van der Waals surface area contributed by atoms with Gasteiger partial charge in [-0.25, -0.2) is 4.79 Å². The highest BCUT2D eigenvalue weighted by molar-refractivity contribution is 5.90. The summed E-state index contributed by atoms with van der Waals surface area (Å²) in [6, 6.07) is 6.87. The number of rotatable bonds is 5. The van der Waals surface area contributed by atoms with Gasteiger partial charge in [0.1, 0.15) is 0 Å². The summed E-state index contributed by atoms with van der Waals surface area (Å²) in [5, 5.41) is 3.46. The van der Waals surface area contributed by atoms with Crippen LogP contribution in [0, 0.1) is 6.92 Å². The van der Waals surface area contributed by atoms with Gasteiger partial charge in [-0.15, -0.1) is 0 Å². The van der Waals surface area contributed by atoms with Gasteiger partial charge in [-0.05, 0) is 19.1 Å². The van der Waals surface area contributed by atoms with Crippen LogP contribution in [0.4, 0.5) is 0 Å². The van der Waals surface area contributed by atoms with Crippen LogP contribution in [0.2, 0.25) is 0 Å². The van der Waals surface area contributed by atoms with E-state index < -0.39 is 5.97 Å². The van der Waals surface area contributed by atoms with E-state index in [-0.39, 0.29) is 12.4 Å². The van der Waals surface area contributed by atoms with Gasteiger partial charge in [-0.2, -0.15) is 0 Å². The lowest BCUT2D eigenvalue weighted by Crippen LogP contribution is -2.30. The van der Waals surface area contributed by atoms with Crippen LogP contribution >= 0.6 is 0 Å². The number of carbonyl (C=O) groups excluding carboxylic acids is 2. The Bertz CT molecular complexity index is 455. The van der Waals surface area contributed by atoms with Gasteiger partial charge in [0, 0.05) is 7.05 Å². The molecule has 0 aliphatic carbocycles. The Morgan fingerprint density at radius 1 is 1.35 bits per heavy atom. The normalized spacial score (nSPS) is 10.1. The molecule has 0 spiro atoms. The predicted octanol–water partition coefficient (Wildman–Crippen LogP) is 1.54. The second kappa shape index (κ2) is 9.55. The van der Waals surface area contributed by atoms with Gasteiger partial charge in [-0.3, -0.25) is 4.79 Å². The Balaban J connectivity index is 0.00000172. The Morgan fingerprint density at radius 2 is 1.90 bits per heavy atom. The molecular formula is C14H21N3O3. The first-order valence-electron chi connectivity index (χ1n) is 6.29. The molecule has 0 aliphatic rings. The van der Waals surface area contributed by atoms with Crippen molar-refractivity contribution in [2.24, 2.45) is 10.9 Å². The monoisotopic (exact) mass is 279 g/mol. The Morgan fingerprint density at radius 3 is 2.40 bits per heavy atom. The average molecular weight is 279 g/mol. The van der Waals surface area contributed by atoms with Crippen LogP contribution in [0.5, 0.6) is 0 Å². The summed E-state index contributed by atoms with van der Waals surface area (Å²) in [6.07, 6.45) is 0.601. The molecule has 2 N–H and O–H groups in total. The SMILES string of the molecule is CC.Cc1ccc(C(=O)O/N=C(\N)CN(C)C=O)cc1. The number of carbonyl (C=O) groups is 2. The molecule has 0 aliphatic heterocycles. The molecule has 0 saturated heterocycles. The molecule has 0 atom stereocenters. The summed E-state index contributed by atoms with van der Waals surface area (Å²) < 4.78 is 0. The number of likely N-dealkylation sites (N-methyl/N-ethyl adjacent to an activating group) is 1. The largest absolute Gasteiger partial charge is 0.383 e. The lowest BCUT2D eigenvalue weighted by molar-refractivity contribution is -0.116. The molecule has 6 heteroatoms. The number of hydrogen-bond donors (Lipinski definition) is 1. The minimum Gasteiger partial charge on any atom is -0.383 e. The highest BCUT2D eigenvalue weighted by Crippen LogP contribution is 2.04. The third-order valence-corrected chi connectivity index (χ3v) is 2.12. The third-order valence-electron chi connectivity index (χ3n) is 2.12. The van der Waals surface area contributed by atoms with Crippen molar-refractivity contribution in [3.05, 3.63) is 35.4 Å². The summed E-state index contributed by atoms with van der Waals surface area (Å²) in [5.41, 5.74) is 6.91. The number of nitrogens with zero attached hydrogens (tertiary/aromatic N) is 2. The van der Waals surface area contributed by atoms with Crippen molar-refractivity contribution < 1.29 is 14.4 Å². The molecule has 0 aromatic heterocycles. The highest BCUT2D eigenvalue weighted by Gasteiger charge is 2.07. The first-order valence-corrected chi connectivity index (χ1v) is 6.29. The van der Waals surface area contributed by atoms with Gasteiger partial charge >= 0.3 is 5.97 Å². The Kier molecular flexibility index (Phi) is 8.41. The van der Waals surface area contributed by atoms with E-state index in [9.17, 15) is 9.59 Å². The van der Waals surface area contributed by atoms with Gasteiger partial charge in [-0.1, -0.05) is 36.7 Å². The van der Waals surface area contributed by atoms with Crippen molar-refractivity contribution in [3.63, 3.8) is 0 Å². The van der Waals surface area contributed by atoms with Crippen molar-refractivity contribution in [3.8, 4) is 0 Å². The van der Waals surface area contributed by atoms with Gasteiger partial charge in [0.05, 0.1) is 12.1 Å². The zero-order valence-electron chi connectivity index (χ0n) is 12.3. The van der Waals surface area contributed by atoms with E-state index in [2.05, 4.69) is 9.99 Å². The number of aryl methyl sites for hydroxylation is 1. The molecule has 1 amide bonds. The number of amidine groups is 1. The van der Waals surface area contributed by atoms with Crippen molar-refractivity contribution in [2.75, 3.05) is 13.6 Å². The molecule has 0 fully saturated rings. The minimum absolute atomic E-state index is 0.0464. The molecular weight excluding hydrogens is 258 g/mol. The van der Waals surface area contributed by atoms with E-state index in [0.717, 1.165) is 5.56 Å². The lowest BCUT2D eigenvalue weighted by Gasteiger charge is -2.08. The first kappa shape index (κ1) is 17.6. The molecule has 1 rings (SSSR count). The molecule has 6 nitrogen and oxygen atoms in total. The molecule has 110 valence electrons. The third kappa shape index (κ3) is 6.53. The van der Waals surface area contributed by atoms with Crippen LogP contribution in [-0.2, 0) is 9.63 Å². The van der Waals surface area contributed by atoms with Gasteiger partial charge in [0.2, 0.25) is 6.41 Å². The Labute approximate surface area is 119 Å². The molecule has 1 aromatic carbocycles. The van der Waals surface area contributed by atoms with Crippen LogP contribution in [0.25, 0.3) is 0 Å². The van der Waals surface area contributed by atoms with Crippen molar-refractivity contribution >= 4 is 18.2 Å². The number of nitrogens with two attached hydrogens (primary N) is 1. The summed E-state index contributed by atoms with van der Waals surface area (Å²) in [6.45, 7) is 6.02. The van der Waals surface area contributed by atoms with Crippen molar-refractivity contribution in [1.82, 2.24) is 4.90 Å². The molecule has 0 heterocycles. The zero-order valence-corrected chi connectivity index (χ0v) is 12.3. The standard InChI is InChI=1S/C12H15N3O3.C2H6/c1-9-3-5-10(6-4-9)12(17)18-14-11(13)7-15(2)8-16;1-2/h3-6,8H,7H2,1-2H3,(H2,13,14);1-2H3. The summed E-state index contributed by atoms with van der Waals surface area (Å²) in [4.78, 5) is 27.8. The van der Waals surface area contributed by atoms with E-state index in [1.165, 1.54) is 11.9 Å². The smallest absolute Gasteiger partial charge is 0.365 e. The topological polar surface area (TPSA) is 85.0 Å². The molecule has 0 bridgehead atoms. The zero-order chi connectivity index (χ0) is 15.5. The fourth-order valence-corrected chi connectivity index (χ4v) is 1.16. The van der Waals surface area contributed by atoms with Crippen LogP contribution in [0.3, 0.4) is 0 Å². The predicted molar refractivity (Wildman–Crippen MR) is 78.3 cm³/mol. The number of benzene rings is 1. The number of hydrogen-bond acceptors (Lipinski definition) is 4. The van der Waals surface area contributed by atoms with Crippen LogP contribution in [0.15, 0.2) is 29.4 Å². The second-order valence-electron chi connectivity index (χ2n) is 3.85. The minimum atomic E-state index is -0.591. The average Bonchev–Trinajstić information content (AvgIpc) is 2.47. The molecule has 0 saturated carbocycles. The highest BCUT2D eigenvalue weighted by atomic mass is 16.7. The van der Waals surface area contributed by atoms with Crippen molar-refractivity contribution in [1.29, 1.82) is 0 Å². The number of amides is 1. The maximum atomic E-state index is 11.5. The maximum Gasteiger partial charge on any atom is 0.365 e. The Hall–Kier alpha value is -2.37. The quantitative estimate of drug-likeness (QED) is 0.291.